The van der Waals surface area contributed by atoms with E-state index in [2.05, 4.69) is 45.0 Å². The van der Waals surface area contributed by atoms with Gasteiger partial charge in [0.25, 0.3) is 0 Å². The largest absolute Gasteiger partial charge is 0.368 e. The first-order valence-corrected chi connectivity index (χ1v) is 9.50. The lowest BCUT2D eigenvalue weighted by Gasteiger charge is -2.24. The highest BCUT2D eigenvalue weighted by molar-refractivity contribution is 5.74. The van der Waals surface area contributed by atoms with Gasteiger partial charge in [-0.15, -0.1) is 0 Å². The van der Waals surface area contributed by atoms with E-state index in [1.54, 1.807) is 0 Å². The van der Waals surface area contributed by atoms with Gasteiger partial charge >= 0.3 is 0 Å². The first-order chi connectivity index (χ1) is 12.3. The van der Waals surface area contributed by atoms with Crippen molar-refractivity contribution in [3.63, 3.8) is 0 Å². The molecule has 4 N–H and O–H groups in total. The van der Waals surface area contributed by atoms with Crippen molar-refractivity contribution in [3.05, 3.63) is 41.1 Å². The van der Waals surface area contributed by atoms with Gasteiger partial charge in [0.15, 0.2) is 0 Å². The van der Waals surface area contributed by atoms with E-state index in [1.165, 1.54) is 11.1 Å². The lowest BCUT2D eigenvalue weighted by Crippen LogP contribution is -2.22. The van der Waals surface area contributed by atoms with E-state index in [4.69, 9.17) is 16.6 Å². The van der Waals surface area contributed by atoms with E-state index >= 15 is 0 Å². The molecule has 0 aliphatic heterocycles. The maximum absolute atomic E-state index is 11.5. The molecule has 3 rings (SSSR count). The maximum atomic E-state index is 11.5. The second kappa shape index (κ2) is 7.23. The number of amides is 1. The van der Waals surface area contributed by atoms with Gasteiger partial charge in [0, 0.05) is 16.8 Å². The molecule has 2 aromatic rings. The van der Waals surface area contributed by atoms with Crippen molar-refractivity contribution >= 4 is 5.91 Å². The molecule has 140 valence electrons. The monoisotopic (exact) mass is 354 g/mol. The Morgan fingerprint density at radius 1 is 1.27 bits per heavy atom. The van der Waals surface area contributed by atoms with E-state index in [-0.39, 0.29) is 17.9 Å². The number of benzene rings is 1. The van der Waals surface area contributed by atoms with Crippen molar-refractivity contribution in [2.75, 3.05) is 6.54 Å². The molecule has 5 heteroatoms. The van der Waals surface area contributed by atoms with Crippen molar-refractivity contribution in [1.29, 1.82) is 0 Å². The molecule has 0 saturated carbocycles. The fourth-order valence-corrected chi connectivity index (χ4v) is 3.97. The highest BCUT2D eigenvalue weighted by Gasteiger charge is 2.29. The molecule has 1 unspecified atom stereocenters. The summed E-state index contributed by atoms with van der Waals surface area (Å²) in [6.07, 6.45) is 4.11. The normalized spacial score (nSPS) is 17.2. The highest BCUT2D eigenvalue weighted by atomic mass is 16.1. The smallest absolute Gasteiger partial charge is 0.239 e. The zero-order chi connectivity index (χ0) is 18.9. The van der Waals surface area contributed by atoms with Crippen LogP contribution in [-0.4, -0.2) is 22.2 Å². The fraction of sp³-hybridized carbons (Fsp3) is 0.524. The van der Waals surface area contributed by atoms with Gasteiger partial charge in [0.2, 0.25) is 5.91 Å². The third kappa shape index (κ3) is 3.68. The fourth-order valence-electron chi connectivity index (χ4n) is 3.97. The predicted octanol–water partition coefficient (Wildman–Crippen LogP) is 3.10. The van der Waals surface area contributed by atoms with Gasteiger partial charge in [-0.3, -0.25) is 9.48 Å². The Bertz CT molecular complexity index is 784. The Labute approximate surface area is 155 Å². The van der Waals surface area contributed by atoms with Crippen molar-refractivity contribution < 1.29 is 4.79 Å². The SMILES string of the molecule is CC(C)(C)c1ccc(-c2nn(CC(N)=O)c3c2C(CCN)CCC3)cc1. The second-order valence-corrected chi connectivity index (χ2v) is 8.33. The number of aromatic nitrogens is 2. The molecule has 1 aromatic heterocycles. The Morgan fingerprint density at radius 2 is 1.96 bits per heavy atom. The molecule has 0 saturated heterocycles. The first-order valence-electron chi connectivity index (χ1n) is 9.50. The molecule has 1 aliphatic carbocycles. The summed E-state index contributed by atoms with van der Waals surface area (Å²) in [7, 11) is 0. The Morgan fingerprint density at radius 3 is 2.54 bits per heavy atom. The number of fused-ring (bicyclic) bond motifs is 1. The van der Waals surface area contributed by atoms with Gasteiger partial charge in [0.1, 0.15) is 6.54 Å². The van der Waals surface area contributed by atoms with Gasteiger partial charge in [-0.2, -0.15) is 5.10 Å². The summed E-state index contributed by atoms with van der Waals surface area (Å²) in [4.78, 5) is 11.5. The number of nitrogens with zero attached hydrogens (tertiary/aromatic N) is 2. The minimum atomic E-state index is -0.356. The van der Waals surface area contributed by atoms with Crippen LogP contribution in [0.15, 0.2) is 24.3 Å². The average Bonchev–Trinajstić information content (AvgIpc) is 2.94. The van der Waals surface area contributed by atoms with Crippen LogP contribution in [0.5, 0.6) is 0 Å². The van der Waals surface area contributed by atoms with E-state index < -0.39 is 0 Å². The van der Waals surface area contributed by atoms with Crippen LogP contribution in [0.4, 0.5) is 0 Å². The number of carbonyl (C=O) groups excluding carboxylic acids is 1. The van der Waals surface area contributed by atoms with Gasteiger partial charge in [-0.05, 0) is 49.1 Å². The molecule has 0 radical (unpaired) electrons. The van der Waals surface area contributed by atoms with Crippen LogP contribution in [0, 0.1) is 0 Å². The zero-order valence-electron chi connectivity index (χ0n) is 16.1. The second-order valence-electron chi connectivity index (χ2n) is 8.33. The predicted molar refractivity (Wildman–Crippen MR) is 105 cm³/mol. The number of primary amides is 1. The van der Waals surface area contributed by atoms with E-state index in [0.29, 0.717) is 12.5 Å². The average molecular weight is 354 g/mol. The van der Waals surface area contributed by atoms with Gasteiger partial charge in [0.05, 0.1) is 5.69 Å². The number of hydrogen-bond acceptors (Lipinski definition) is 3. The summed E-state index contributed by atoms with van der Waals surface area (Å²) >= 11 is 0. The molecule has 0 bridgehead atoms. The molecule has 1 aromatic carbocycles. The van der Waals surface area contributed by atoms with Gasteiger partial charge < -0.3 is 11.5 Å². The molecule has 1 aliphatic rings. The minimum Gasteiger partial charge on any atom is -0.368 e. The standard InChI is InChI=1S/C21H30N4O/c1-21(2,3)16-9-7-15(8-10-16)20-19-14(11-12-22)5-4-6-17(19)25(24-20)13-18(23)26/h7-10,14H,4-6,11-13,22H2,1-3H3,(H2,23,26). The molecule has 1 heterocycles. The third-order valence-corrected chi connectivity index (χ3v) is 5.32. The molecular weight excluding hydrogens is 324 g/mol. The summed E-state index contributed by atoms with van der Waals surface area (Å²) in [5.41, 5.74) is 17.2. The number of hydrogen-bond donors (Lipinski definition) is 2. The Hall–Kier alpha value is -2.14. The van der Waals surface area contributed by atoms with Crippen molar-refractivity contribution in [3.8, 4) is 11.3 Å². The Balaban J connectivity index is 2.08. The topological polar surface area (TPSA) is 86.9 Å². The quantitative estimate of drug-likeness (QED) is 0.865. The van der Waals surface area contributed by atoms with Crippen LogP contribution in [0.2, 0.25) is 0 Å². The number of rotatable bonds is 5. The summed E-state index contributed by atoms with van der Waals surface area (Å²) < 4.78 is 1.81. The van der Waals surface area contributed by atoms with E-state index in [9.17, 15) is 4.79 Å². The molecule has 26 heavy (non-hydrogen) atoms. The van der Waals surface area contributed by atoms with Gasteiger partial charge in [-0.1, -0.05) is 45.0 Å². The lowest BCUT2D eigenvalue weighted by molar-refractivity contribution is -0.118. The molecule has 5 nitrogen and oxygen atoms in total. The van der Waals surface area contributed by atoms with E-state index in [1.807, 2.05) is 4.68 Å². The molecule has 1 atom stereocenters. The Kier molecular flexibility index (Phi) is 5.19. The van der Waals surface area contributed by atoms with Crippen molar-refractivity contribution in [2.24, 2.45) is 11.5 Å². The molecular formula is C21H30N4O. The van der Waals surface area contributed by atoms with Crippen LogP contribution in [0.1, 0.15) is 62.8 Å². The number of nitrogens with two attached hydrogens (primary N) is 2. The third-order valence-electron chi connectivity index (χ3n) is 5.32. The van der Waals surface area contributed by atoms with Crippen molar-refractivity contribution in [2.45, 2.75) is 64.3 Å². The number of carbonyl (C=O) groups is 1. The minimum absolute atomic E-state index is 0.116. The van der Waals surface area contributed by atoms with Crippen LogP contribution in [0.3, 0.4) is 0 Å². The molecule has 0 spiro atoms. The van der Waals surface area contributed by atoms with Crippen molar-refractivity contribution in [1.82, 2.24) is 9.78 Å². The summed E-state index contributed by atoms with van der Waals surface area (Å²) in [5, 5.41) is 4.80. The summed E-state index contributed by atoms with van der Waals surface area (Å²) in [6, 6.07) is 8.64. The van der Waals surface area contributed by atoms with Gasteiger partial charge in [-0.25, -0.2) is 0 Å². The van der Waals surface area contributed by atoms with Crippen LogP contribution < -0.4 is 11.5 Å². The maximum Gasteiger partial charge on any atom is 0.239 e. The first kappa shape index (κ1) is 18.6. The van der Waals surface area contributed by atoms with Crippen LogP contribution in [0.25, 0.3) is 11.3 Å². The summed E-state index contributed by atoms with van der Waals surface area (Å²) in [5.74, 6) is 0.0496. The van der Waals surface area contributed by atoms with Crippen LogP contribution in [-0.2, 0) is 23.2 Å². The van der Waals surface area contributed by atoms with E-state index in [0.717, 1.165) is 42.6 Å². The molecule has 1 amide bonds. The highest BCUT2D eigenvalue weighted by Crippen LogP contribution is 2.40. The van der Waals surface area contributed by atoms with Crippen LogP contribution >= 0.6 is 0 Å². The molecule has 0 fully saturated rings. The lowest BCUT2D eigenvalue weighted by atomic mass is 9.81. The summed E-state index contributed by atoms with van der Waals surface area (Å²) in [6.45, 7) is 7.43. The zero-order valence-corrected chi connectivity index (χ0v) is 16.1.